The molecule has 0 saturated carbocycles. The van der Waals surface area contributed by atoms with Gasteiger partial charge in [-0.05, 0) is 144 Å². The van der Waals surface area contributed by atoms with Crippen LogP contribution in [0.25, 0.3) is 11.1 Å². The van der Waals surface area contributed by atoms with E-state index < -0.39 is 24.7 Å². The average Bonchev–Trinajstić information content (AvgIpc) is 4.47. The first-order valence-electron chi connectivity index (χ1n) is 26.1. The SMILES string of the molecule is CC(c1ccc(OCC(O)COc2ccc(Cc3ccc(OCC4CO4)cc3)cc2)cc1)(c1ccc(OCC(O)COc2ccc(Cc3ccc(OCC4CO4)cc3)cc2)cc1)P1(=O)Oc2ccccc2-c2ccccc21. The number of aliphatic hydroxyl groups excluding tert-OH is 2. The zero-order valence-electron chi connectivity index (χ0n) is 42.8. The summed E-state index contributed by atoms with van der Waals surface area (Å²) in [4.78, 5) is 0. The van der Waals surface area contributed by atoms with Gasteiger partial charge in [-0.15, -0.1) is 0 Å². The molecule has 2 N–H and O–H groups in total. The van der Waals surface area contributed by atoms with Crippen LogP contribution in [0.15, 0.2) is 194 Å². The van der Waals surface area contributed by atoms with Crippen LogP contribution in [-0.4, -0.2) is 87.5 Å². The maximum atomic E-state index is 16.1. The highest BCUT2D eigenvalue weighted by Gasteiger charge is 2.53. The lowest BCUT2D eigenvalue weighted by Crippen LogP contribution is -2.34. The van der Waals surface area contributed by atoms with Crippen molar-refractivity contribution < 1.29 is 57.2 Å². The van der Waals surface area contributed by atoms with E-state index in [1.807, 2.05) is 177 Å². The topological polar surface area (TPSA) is 147 Å². The van der Waals surface area contributed by atoms with Gasteiger partial charge in [-0.25, -0.2) is 0 Å². The summed E-state index contributed by atoms with van der Waals surface area (Å²) in [6.07, 6.45) is 0.157. The van der Waals surface area contributed by atoms with Gasteiger partial charge in [0.25, 0.3) is 7.37 Å². The van der Waals surface area contributed by atoms with Crippen LogP contribution < -0.4 is 38.2 Å². The summed E-state index contributed by atoms with van der Waals surface area (Å²) in [6, 6.07) is 62.1. The Labute approximate surface area is 449 Å². The molecule has 3 aliphatic rings. The van der Waals surface area contributed by atoms with Crippen LogP contribution in [0.5, 0.6) is 40.2 Å². The second kappa shape index (κ2) is 23.4. The van der Waals surface area contributed by atoms with Gasteiger partial charge in [0.05, 0.1) is 18.5 Å². The van der Waals surface area contributed by atoms with E-state index in [2.05, 4.69) is 24.3 Å². The predicted molar refractivity (Wildman–Crippen MR) is 295 cm³/mol. The number of aliphatic hydroxyl groups is 2. The largest absolute Gasteiger partial charge is 0.491 e. The summed E-state index contributed by atoms with van der Waals surface area (Å²) < 4.78 is 68.8. The zero-order chi connectivity index (χ0) is 52.6. The van der Waals surface area contributed by atoms with Gasteiger partial charge in [-0.3, -0.25) is 4.57 Å². The first-order valence-corrected chi connectivity index (χ1v) is 27.7. The summed E-state index contributed by atoms with van der Waals surface area (Å²) in [6.45, 7) is 4.71. The van der Waals surface area contributed by atoms with Crippen molar-refractivity contribution in [3.63, 3.8) is 0 Å². The molecule has 8 aromatic carbocycles. The highest BCUT2D eigenvalue weighted by Crippen LogP contribution is 2.69. The van der Waals surface area contributed by atoms with Gasteiger partial charge >= 0.3 is 0 Å². The molecule has 0 radical (unpaired) electrons. The Morgan fingerprint density at radius 1 is 0.455 bits per heavy atom. The van der Waals surface area contributed by atoms with Gasteiger partial charge in [0.15, 0.2) is 0 Å². The van der Waals surface area contributed by atoms with E-state index in [1.165, 1.54) is 11.1 Å². The fourth-order valence-electron chi connectivity index (χ4n) is 9.36. The lowest BCUT2D eigenvalue weighted by Gasteiger charge is -2.41. The monoisotopic (exact) mass is 1050 g/mol. The second-order valence-corrected chi connectivity index (χ2v) is 22.5. The molecule has 0 aromatic heterocycles. The molecule has 0 spiro atoms. The van der Waals surface area contributed by atoms with Crippen LogP contribution in [0.4, 0.5) is 0 Å². The molecule has 5 atom stereocenters. The van der Waals surface area contributed by atoms with Gasteiger partial charge < -0.3 is 52.6 Å². The van der Waals surface area contributed by atoms with E-state index in [0.29, 0.717) is 47.3 Å². The number of fused-ring (bicyclic) bond motifs is 3. The Bertz CT molecular complexity index is 3090. The number of hydrogen-bond donors (Lipinski definition) is 2. The quantitative estimate of drug-likeness (QED) is 0.0415. The minimum Gasteiger partial charge on any atom is -0.491 e. The first-order chi connectivity index (χ1) is 37.6. The molecule has 5 unspecified atom stereocenters. The van der Waals surface area contributed by atoms with Crippen molar-refractivity contribution in [1.29, 1.82) is 0 Å². The van der Waals surface area contributed by atoms with E-state index in [9.17, 15) is 10.2 Å². The second-order valence-electron chi connectivity index (χ2n) is 19.8. The highest BCUT2D eigenvalue weighted by molar-refractivity contribution is 7.69. The Morgan fingerprint density at radius 3 is 1.16 bits per heavy atom. The summed E-state index contributed by atoms with van der Waals surface area (Å²) in [5, 5.41) is 21.2. The molecule has 3 heterocycles. The molecule has 2 saturated heterocycles. The van der Waals surface area contributed by atoms with E-state index >= 15 is 4.57 Å². The number of ether oxygens (including phenoxy) is 8. The maximum absolute atomic E-state index is 16.1. The van der Waals surface area contributed by atoms with Crippen LogP contribution in [0.3, 0.4) is 0 Å². The van der Waals surface area contributed by atoms with Gasteiger partial charge in [0.2, 0.25) is 0 Å². The van der Waals surface area contributed by atoms with E-state index in [1.54, 1.807) is 0 Å². The van der Waals surface area contributed by atoms with Crippen molar-refractivity contribution in [2.24, 2.45) is 0 Å². The first kappa shape index (κ1) is 51.5. The normalized spacial score (nSPS) is 18.5. The van der Waals surface area contributed by atoms with Crippen LogP contribution >= 0.6 is 7.37 Å². The smallest absolute Gasteiger partial charge is 0.292 e. The number of epoxide rings is 2. The standard InChI is InChI=1S/C64H61O12P/c1-64(77(67)63-9-5-3-7-61(63)60-6-2-4-8-62(60)76-77,48-18-30-56(31-19-48)70-38-50(65)36-68-52-22-10-44(11-23-52)34-46-14-26-54(27-15-46)72-40-58-42-74-58)49-20-32-57(33-21-49)71-39-51(66)37-69-53-24-12-45(13-25-53)35-47-16-28-55(29-17-47)73-41-59-43-75-59/h2-33,50-51,58-59,65-66H,34-43H2,1H3. The molecule has 0 amide bonds. The summed E-state index contributed by atoms with van der Waals surface area (Å²) in [7, 11) is -3.83. The van der Waals surface area contributed by atoms with Crippen LogP contribution in [0.1, 0.15) is 40.3 Å². The molecule has 2 fully saturated rings. The molecule has 11 rings (SSSR count). The van der Waals surface area contributed by atoms with E-state index in [-0.39, 0.29) is 38.6 Å². The lowest BCUT2D eigenvalue weighted by molar-refractivity contribution is 0.0626. The van der Waals surface area contributed by atoms with Crippen LogP contribution in [-0.2, 0) is 32.0 Å². The van der Waals surface area contributed by atoms with Gasteiger partial charge in [0, 0.05) is 5.56 Å². The summed E-state index contributed by atoms with van der Waals surface area (Å²) in [5.41, 5.74) is 7.79. The van der Waals surface area contributed by atoms with E-state index in [0.717, 1.165) is 70.9 Å². The molecule has 394 valence electrons. The van der Waals surface area contributed by atoms with Gasteiger partial charge in [0.1, 0.15) is 109 Å². The maximum Gasteiger partial charge on any atom is 0.292 e. The van der Waals surface area contributed by atoms with Crippen molar-refractivity contribution in [2.75, 3.05) is 52.9 Å². The fourth-order valence-corrected chi connectivity index (χ4v) is 12.3. The third-order valence-electron chi connectivity index (χ3n) is 14.0. The molecule has 13 heteroatoms. The molecule has 0 bridgehead atoms. The Balaban J connectivity index is 0.709. The number of benzene rings is 8. The zero-order valence-corrected chi connectivity index (χ0v) is 43.7. The van der Waals surface area contributed by atoms with Crippen molar-refractivity contribution >= 4 is 12.7 Å². The third-order valence-corrected chi connectivity index (χ3v) is 17.2. The van der Waals surface area contributed by atoms with Crippen LogP contribution in [0.2, 0.25) is 0 Å². The van der Waals surface area contributed by atoms with E-state index in [4.69, 9.17) is 42.4 Å². The molecule has 8 aromatic rings. The lowest BCUT2D eigenvalue weighted by atomic mass is 9.92. The third kappa shape index (κ3) is 12.7. The molecular weight excluding hydrogens is 992 g/mol. The fraction of sp³-hybridized carbons (Fsp3) is 0.250. The number of hydrogen-bond acceptors (Lipinski definition) is 12. The minimum atomic E-state index is -3.83. The highest BCUT2D eigenvalue weighted by atomic mass is 31.2. The Kier molecular flexibility index (Phi) is 15.6. The summed E-state index contributed by atoms with van der Waals surface area (Å²) >= 11 is 0. The van der Waals surface area contributed by atoms with Crippen molar-refractivity contribution in [1.82, 2.24) is 0 Å². The van der Waals surface area contributed by atoms with Gasteiger partial charge in [-0.1, -0.05) is 109 Å². The number of rotatable bonds is 25. The minimum absolute atomic E-state index is 0.00616. The molecule has 77 heavy (non-hydrogen) atoms. The van der Waals surface area contributed by atoms with Crippen molar-refractivity contribution in [3.05, 3.63) is 228 Å². The van der Waals surface area contributed by atoms with Crippen LogP contribution in [0, 0.1) is 0 Å². The summed E-state index contributed by atoms with van der Waals surface area (Å²) in [5.74, 6) is 4.55. The molecule has 0 aliphatic carbocycles. The van der Waals surface area contributed by atoms with Crippen molar-refractivity contribution in [2.45, 2.75) is 49.3 Å². The predicted octanol–water partition coefficient (Wildman–Crippen LogP) is 11.0. The molecular formula is C64H61O12P. The average molecular weight is 1050 g/mol. The Morgan fingerprint density at radius 2 is 0.779 bits per heavy atom. The van der Waals surface area contributed by atoms with Gasteiger partial charge in [-0.2, -0.15) is 0 Å². The van der Waals surface area contributed by atoms with Crippen molar-refractivity contribution in [3.8, 4) is 51.4 Å². The molecule has 12 nitrogen and oxygen atoms in total. The molecule has 3 aliphatic heterocycles. The Hall–Kier alpha value is -7.57. The number of para-hydroxylation sites is 1.